The van der Waals surface area contributed by atoms with Crippen molar-refractivity contribution in [1.29, 1.82) is 0 Å². The zero-order valence-electron chi connectivity index (χ0n) is 6.01. The lowest BCUT2D eigenvalue weighted by atomic mass is 9.90. The summed E-state index contributed by atoms with van der Waals surface area (Å²) in [5.74, 6) is 0.857. The number of hydrogen-bond donors (Lipinski definition) is 0. The van der Waals surface area contributed by atoms with Gasteiger partial charge in [0.05, 0.1) is 15.8 Å². The molecule has 0 aromatic rings. The van der Waals surface area contributed by atoms with Crippen LogP contribution in [0.3, 0.4) is 0 Å². The Bertz CT molecular complexity index is 83.7. The van der Waals surface area contributed by atoms with Crippen molar-refractivity contribution in [1.82, 2.24) is 0 Å². The quantitative estimate of drug-likeness (QED) is 0.573. The molecule has 60 valence electrons. The average Bonchev–Trinajstić information content (AvgIpc) is 2.03. The molecule has 0 N–H and O–H groups in total. The topological polar surface area (TPSA) is 9.23 Å². The SMILES string of the molecule is ISOCC1CCCCC1. The van der Waals surface area contributed by atoms with E-state index in [2.05, 4.69) is 21.2 Å². The zero-order chi connectivity index (χ0) is 7.23. The van der Waals surface area contributed by atoms with Gasteiger partial charge in [-0.15, -0.1) is 0 Å². The smallest absolute Gasteiger partial charge is 0.0651 e. The lowest BCUT2D eigenvalue weighted by Crippen LogP contribution is -2.10. The Morgan fingerprint density at radius 1 is 1.30 bits per heavy atom. The Kier molecular flexibility index (Phi) is 5.17. The van der Waals surface area contributed by atoms with Crippen molar-refractivity contribution >= 4 is 30.4 Å². The van der Waals surface area contributed by atoms with Gasteiger partial charge in [-0.05, 0) is 18.8 Å². The normalized spacial score (nSPS) is 21.3. The minimum Gasteiger partial charge on any atom is -0.305 e. The fourth-order valence-corrected chi connectivity index (χ4v) is 2.16. The number of rotatable bonds is 3. The van der Waals surface area contributed by atoms with E-state index in [-0.39, 0.29) is 0 Å². The third-order valence-corrected chi connectivity index (χ3v) is 3.06. The molecule has 1 saturated carbocycles. The van der Waals surface area contributed by atoms with Crippen LogP contribution in [0.2, 0.25) is 0 Å². The van der Waals surface area contributed by atoms with Crippen LogP contribution in [0.1, 0.15) is 32.1 Å². The monoisotopic (exact) mass is 272 g/mol. The first-order chi connectivity index (χ1) is 4.93. The van der Waals surface area contributed by atoms with Crippen LogP contribution in [0.4, 0.5) is 0 Å². The highest BCUT2D eigenvalue weighted by Crippen LogP contribution is 2.25. The molecular formula is C7H13IOS. The Labute approximate surface area is 79.1 Å². The second-order valence-electron chi connectivity index (χ2n) is 2.85. The molecule has 1 rings (SSSR count). The van der Waals surface area contributed by atoms with Crippen molar-refractivity contribution in [3.63, 3.8) is 0 Å². The Balaban J connectivity index is 2.02. The molecule has 3 heteroatoms. The molecule has 0 spiro atoms. The van der Waals surface area contributed by atoms with E-state index in [1.54, 1.807) is 0 Å². The molecule has 1 aliphatic carbocycles. The van der Waals surface area contributed by atoms with Crippen LogP contribution in [0, 0.1) is 5.92 Å². The van der Waals surface area contributed by atoms with E-state index < -0.39 is 0 Å². The van der Waals surface area contributed by atoms with E-state index in [0.717, 1.165) is 12.5 Å². The molecule has 0 radical (unpaired) electrons. The second-order valence-corrected chi connectivity index (χ2v) is 4.29. The van der Waals surface area contributed by atoms with Gasteiger partial charge in [-0.25, -0.2) is 0 Å². The fraction of sp³-hybridized carbons (Fsp3) is 1.00. The summed E-state index contributed by atoms with van der Waals surface area (Å²) < 4.78 is 5.28. The standard InChI is InChI=1S/C7H13IOS/c8-10-9-6-7-4-2-1-3-5-7/h7H,1-6H2. The van der Waals surface area contributed by atoms with E-state index in [4.69, 9.17) is 4.18 Å². The summed E-state index contributed by atoms with van der Waals surface area (Å²) in [5, 5.41) is 0. The maximum atomic E-state index is 5.28. The molecule has 0 heterocycles. The lowest BCUT2D eigenvalue weighted by Gasteiger charge is -2.19. The molecule has 0 atom stereocenters. The summed E-state index contributed by atoms with van der Waals surface area (Å²) in [5.41, 5.74) is 0. The highest BCUT2D eigenvalue weighted by Gasteiger charge is 2.12. The van der Waals surface area contributed by atoms with Crippen LogP contribution in [0.15, 0.2) is 0 Å². The molecule has 0 saturated heterocycles. The predicted octanol–water partition coefficient (Wildman–Crippen LogP) is 3.58. The largest absolute Gasteiger partial charge is 0.305 e. The Hall–Kier alpha value is 1.04. The summed E-state index contributed by atoms with van der Waals surface area (Å²) in [6.07, 6.45) is 7.04. The lowest BCUT2D eigenvalue weighted by molar-refractivity contribution is 0.238. The third kappa shape index (κ3) is 3.44. The number of halogens is 1. The van der Waals surface area contributed by atoms with E-state index in [1.165, 1.54) is 41.3 Å². The first-order valence-corrected chi connectivity index (χ1v) is 7.12. The highest BCUT2D eigenvalue weighted by atomic mass is 127. The van der Waals surface area contributed by atoms with Gasteiger partial charge in [0.2, 0.25) is 0 Å². The third-order valence-electron chi connectivity index (χ3n) is 2.07. The van der Waals surface area contributed by atoms with Gasteiger partial charge in [-0.2, -0.15) is 0 Å². The molecule has 0 unspecified atom stereocenters. The van der Waals surface area contributed by atoms with Crippen molar-refractivity contribution < 1.29 is 4.18 Å². The molecule has 1 nitrogen and oxygen atoms in total. The molecule has 0 bridgehead atoms. The summed E-state index contributed by atoms with van der Waals surface area (Å²) >= 11 is 2.18. The van der Waals surface area contributed by atoms with Gasteiger partial charge in [0.25, 0.3) is 0 Å². The number of hydrogen-bond acceptors (Lipinski definition) is 2. The molecule has 0 amide bonds. The first kappa shape index (κ1) is 9.13. The molecule has 10 heavy (non-hydrogen) atoms. The van der Waals surface area contributed by atoms with Gasteiger partial charge < -0.3 is 4.18 Å². The molecule has 0 aromatic heterocycles. The van der Waals surface area contributed by atoms with Crippen molar-refractivity contribution in [2.24, 2.45) is 5.92 Å². The summed E-state index contributed by atoms with van der Waals surface area (Å²) in [7, 11) is 1.47. The predicted molar refractivity (Wildman–Crippen MR) is 54.1 cm³/mol. The van der Waals surface area contributed by atoms with Crippen molar-refractivity contribution in [2.75, 3.05) is 6.61 Å². The average molecular weight is 272 g/mol. The van der Waals surface area contributed by atoms with E-state index >= 15 is 0 Å². The maximum Gasteiger partial charge on any atom is 0.0651 e. The van der Waals surface area contributed by atoms with Gasteiger partial charge in [0, 0.05) is 21.2 Å². The van der Waals surface area contributed by atoms with Crippen LogP contribution >= 0.6 is 30.4 Å². The molecule has 0 aromatic carbocycles. The van der Waals surface area contributed by atoms with E-state index in [9.17, 15) is 0 Å². The van der Waals surface area contributed by atoms with Gasteiger partial charge in [0.15, 0.2) is 0 Å². The van der Waals surface area contributed by atoms with Crippen LogP contribution in [-0.4, -0.2) is 6.61 Å². The minimum absolute atomic E-state index is 0.857. The van der Waals surface area contributed by atoms with E-state index in [0.29, 0.717) is 0 Å². The van der Waals surface area contributed by atoms with Gasteiger partial charge >= 0.3 is 0 Å². The second kappa shape index (κ2) is 5.66. The molecular weight excluding hydrogens is 259 g/mol. The zero-order valence-corrected chi connectivity index (χ0v) is 8.99. The Morgan fingerprint density at radius 2 is 2.00 bits per heavy atom. The minimum atomic E-state index is 0.857. The van der Waals surface area contributed by atoms with Gasteiger partial charge in [-0.3, -0.25) is 0 Å². The summed E-state index contributed by atoms with van der Waals surface area (Å²) in [6, 6.07) is 0. The molecule has 0 aliphatic heterocycles. The van der Waals surface area contributed by atoms with Crippen LogP contribution in [0.25, 0.3) is 0 Å². The first-order valence-electron chi connectivity index (χ1n) is 3.83. The van der Waals surface area contributed by atoms with Crippen LogP contribution in [0.5, 0.6) is 0 Å². The van der Waals surface area contributed by atoms with Gasteiger partial charge in [0.1, 0.15) is 0 Å². The fourth-order valence-electron chi connectivity index (χ4n) is 1.48. The van der Waals surface area contributed by atoms with Crippen LogP contribution in [-0.2, 0) is 4.18 Å². The van der Waals surface area contributed by atoms with Crippen molar-refractivity contribution in [3.8, 4) is 0 Å². The van der Waals surface area contributed by atoms with Gasteiger partial charge in [-0.1, -0.05) is 19.3 Å². The summed E-state index contributed by atoms with van der Waals surface area (Å²) in [4.78, 5) is 0. The van der Waals surface area contributed by atoms with Crippen molar-refractivity contribution in [2.45, 2.75) is 32.1 Å². The Morgan fingerprint density at radius 3 is 2.60 bits per heavy atom. The molecule has 1 aliphatic rings. The van der Waals surface area contributed by atoms with E-state index in [1.807, 2.05) is 0 Å². The summed E-state index contributed by atoms with van der Waals surface area (Å²) in [6.45, 7) is 0.966. The molecule has 1 fully saturated rings. The van der Waals surface area contributed by atoms with Crippen LogP contribution < -0.4 is 0 Å². The highest BCUT2D eigenvalue weighted by molar-refractivity contribution is 14.2. The maximum absolute atomic E-state index is 5.28. The van der Waals surface area contributed by atoms with Crippen molar-refractivity contribution in [3.05, 3.63) is 0 Å².